The number of carbonyl (C=O) groups excluding carboxylic acids is 3. The van der Waals surface area contributed by atoms with Gasteiger partial charge in [-0.25, -0.2) is 0 Å². The number of ketones is 3. The van der Waals surface area contributed by atoms with E-state index >= 15 is 0 Å². The molecule has 2 aromatic rings. The first kappa shape index (κ1) is 22.5. The molecule has 5 nitrogen and oxygen atoms in total. The number of hydrogen-bond donors (Lipinski definition) is 0. The summed E-state index contributed by atoms with van der Waals surface area (Å²) in [7, 11) is 0. The normalized spacial score (nSPS) is 24.6. The zero-order chi connectivity index (χ0) is 24.4. The van der Waals surface area contributed by atoms with Gasteiger partial charge in [-0.3, -0.25) is 14.4 Å². The molecule has 1 fully saturated rings. The molecule has 6 heteroatoms. The number of fused-ring (bicyclic) bond motifs is 3. The molecule has 5 rings (SSSR count). The monoisotopic (exact) mass is 514 g/mol. The molecule has 2 aromatic carbocycles. The summed E-state index contributed by atoms with van der Waals surface area (Å²) in [5, 5.41) is 9.59. The number of nitrogens with zero attached hydrogens (tertiary/aromatic N) is 2. The summed E-state index contributed by atoms with van der Waals surface area (Å²) in [6.07, 6.45) is 5.04. The van der Waals surface area contributed by atoms with Crippen LogP contribution in [-0.2, 0) is 4.79 Å². The van der Waals surface area contributed by atoms with Crippen molar-refractivity contribution in [3.8, 4) is 6.07 Å². The molecule has 34 heavy (non-hydrogen) atoms. The van der Waals surface area contributed by atoms with Crippen LogP contribution >= 0.6 is 15.9 Å². The first-order chi connectivity index (χ1) is 16.1. The predicted molar refractivity (Wildman–Crippen MR) is 131 cm³/mol. The molecule has 0 radical (unpaired) electrons. The van der Waals surface area contributed by atoms with Gasteiger partial charge in [0.05, 0.1) is 17.7 Å². The first-order valence-corrected chi connectivity index (χ1v) is 12.0. The van der Waals surface area contributed by atoms with Gasteiger partial charge in [0.25, 0.3) is 0 Å². The standard InChI is InChI=1S/C28H23BrN2O3/c1-27(2,3)26(34)23-22(17-9-11-18(29)12-10-17)28(21-13-8-16(14-30)15-31(21)23)24(32)19-6-4-5-7-20(19)25(28)33/h4-13,15,21-23H,1-3H3/t21-,22+,23+/m1/s1. The summed E-state index contributed by atoms with van der Waals surface area (Å²) in [5.41, 5.74) is -0.325. The van der Waals surface area contributed by atoms with Gasteiger partial charge < -0.3 is 4.90 Å². The smallest absolute Gasteiger partial charge is 0.180 e. The lowest BCUT2D eigenvalue weighted by Crippen LogP contribution is -2.47. The van der Waals surface area contributed by atoms with Gasteiger partial charge in [0, 0.05) is 33.1 Å². The van der Waals surface area contributed by atoms with Crippen LogP contribution in [-0.4, -0.2) is 34.3 Å². The second-order valence-corrected chi connectivity index (χ2v) is 11.0. The van der Waals surface area contributed by atoms with Gasteiger partial charge in [-0.05, 0) is 23.8 Å². The lowest BCUT2D eigenvalue weighted by molar-refractivity contribution is -0.130. The SMILES string of the molecule is CC(C)(C)C(=O)[C@@H]1[C@H](c2ccc(Br)cc2)C2(C(=O)c3ccccc3C2=O)[C@H]2C=CC(C#N)=CN12. The summed E-state index contributed by atoms with van der Waals surface area (Å²) in [5.74, 6) is -1.33. The third-order valence-corrected chi connectivity index (χ3v) is 7.72. The van der Waals surface area contributed by atoms with Gasteiger partial charge in [-0.15, -0.1) is 0 Å². The van der Waals surface area contributed by atoms with E-state index in [9.17, 15) is 19.6 Å². The molecule has 1 aliphatic carbocycles. The number of halogens is 1. The number of benzene rings is 2. The maximum absolute atomic E-state index is 14.2. The Balaban J connectivity index is 1.84. The Hall–Kier alpha value is -3.30. The molecule has 170 valence electrons. The number of allylic oxidation sites excluding steroid dienone is 2. The summed E-state index contributed by atoms with van der Waals surface area (Å²) >= 11 is 3.46. The molecule has 0 aromatic heterocycles. The van der Waals surface area contributed by atoms with E-state index in [-0.39, 0.29) is 17.3 Å². The fourth-order valence-corrected chi connectivity index (χ4v) is 5.98. The van der Waals surface area contributed by atoms with Crippen LogP contribution in [0, 0.1) is 22.2 Å². The summed E-state index contributed by atoms with van der Waals surface area (Å²) in [6.45, 7) is 5.53. The zero-order valence-electron chi connectivity index (χ0n) is 19.1. The van der Waals surface area contributed by atoms with E-state index in [1.165, 1.54) is 0 Å². The quantitative estimate of drug-likeness (QED) is 0.511. The molecule has 0 bridgehead atoms. The van der Waals surface area contributed by atoms with Crippen LogP contribution in [0.3, 0.4) is 0 Å². The lowest BCUT2D eigenvalue weighted by Gasteiger charge is -2.34. The molecule has 3 atom stereocenters. The van der Waals surface area contributed by atoms with Gasteiger partial charge in [-0.1, -0.05) is 79.2 Å². The Bertz CT molecular complexity index is 1310. The van der Waals surface area contributed by atoms with Crippen molar-refractivity contribution in [2.75, 3.05) is 0 Å². The highest BCUT2D eigenvalue weighted by Gasteiger charge is 2.71. The van der Waals surface area contributed by atoms with Crippen LogP contribution in [0.2, 0.25) is 0 Å². The fourth-order valence-electron chi connectivity index (χ4n) is 5.71. The molecule has 0 unspecified atom stereocenters. The molecular weight excluding hydrogens is 492 g/mol. The molecule has 0 amide bonds. The predicted octanol–water partition coefficient (Wildman–Crippen LogP) is 5.24. The number of rotatable bonds is 2. The van der Waals surface area contributed by atoms with E-state index in [2.05, 4.69) is 22.0 Å². The van der Waals surface area contributed by atoms with Crippen molar-refractivity contribution in [3.63, 3.8) is 0 Å². The van der Waals surface area contributed by atoms with Crippen molar-refractivity contribution in [3.05, 3.63) is 93.6 Å². The van der Waals surface area contributed by atoms with Crippen molar-refractivity contribution >= 4 is 33.3 Å². The second-order valence-electron chi connectivity index (χ2n) is 10.1. The topological polar surface area (TPSA) is 78.2 Å². The van der Waals surface area contributed by atoms with E-state index in [0.29, 0.717) is 16.7 Å². The van der Waals surface area contributed by atoms with Gasteiger partial charge in [-0.2, -0.15) is 5.26 Å². The number of hydrogen-bond acceptors (Lipinski definition) is 5. The first-order valence-electron chi connectivity index (χ1n) is 11.2. The van der Waals surface area contributed by atoms with Crippen LogP contribution < -0.4 is 0 Å². The van der Waals surface area contributed by atoms with Gasteiger partial charge in [0.2, 0.25) is 0 Å². The largest absolute Gasteiger partial charge is 0.358 e. The van der Waals surface area contributed by atoms with Crippen LogP contribution in [0.1, 0.15) is 53.0 Å². The number of carbonyl (C=O) groups is 3. The molecular formula is C28H23BrN2O3. The highest BCUT2D eigenvalue weighted by molar-refractivity contribution is 9.10. The van der Waals surface area contributed by atoms with E-state index in [4.69, 9.17) is 0 Å². The molecule has 2 aliphatic heterocycles. The van der Waals surface area contributed by atoms with Crippen molar-refractivity contribution in [2.45, 2.75) is 38.8 Å². The molecule has 0 saturated carbocycles. The molecule has 2 heterocycles. The molecule has 1 spiro atoms. The highest BCUT2D eigenvalue weighted by atomic mass is 79.9. The van der Waals surface area contributed by atoms with Crippen molar-refractivity contribution < 1.29 is 14.4 Å². The van der Waals surface area contributed by atoms with Crippen LogP contribution in [0.4, 0.5) is 0 Å². The second kappa shape index (κ2) is 7.61. The van der Waals surface area contributed by atoms with Crippen LogP contribution in [0.5, 0.6) is 0 Å². The Morgan fingerprint density at radius 2 is 1.62 bits per heavy atom. The summed E-state index contributed by atoms with van der Waals surface area (Å²) in [6, 6.07) is 15.0. The molecule has 0 N–H and O–H groups in total. The molecule has 1 saturated heterocycles. The highest BCUT2D eigenvalue weighted by Crippen LogP contribution is 2.60. The zero-order valence-corrected chi connectivity index (χ0v) is 20.7. The van der Waals surface area contributed by atoms with Crippen LogP contribution in [0.25, 0.3) is 0 Å². The number of nitriles is 1. The third kappa shape index (κ3) is 2.93. The Kier molecular flexibility index (Phi) is 5.03. The average molecular weight is 515 g/mol. The van der Waals surface area contributed by atoms with Gasteiger partial charge in [0.1, 0.15) is 11.5 Å². The minimum atomic E-state index is -1.50. The Labute approximate surface area is 206 Å². The third-order valence-electron chi connectivity index (χ3n) is 7.20. The van der Waals surface area contributed by atoms with Crippen LogP contribution in [0.15, 0.2) is 76.9 Å². The van der Waals surface area contributed by atoms with Crippen molar-refractivity contribution in [1.82, 2.24) is 4.90 Å². The Morgan fingerprint density at radius 3 is 2.15 bits per heavy atom. The Morgan fingerprint density at radius 1 is 1.03 bits per heavy atom. The van der Waals surface area contributed by atoms with Gasteiger partial charge >= 0.3 is 0 Å². The van der Waals surface area contributed by atoms with E-state index in [0.717, 1.165) is 10.0 Å². The van der Waals surface area contributed by atoms with Crippen molar-refractivity contribution in [2.24, 2.45) is 10.8 Å². The maximum Gasteiger partial charge on any atom is 0.180 e. The van der Waals surface area contributed by atoms with Crippen molar-refractivity contribution in [1.29, 1.82) is 5.26 Å². The van der Waals surface area contributed by atoms with E-state index < -0.39 is 28.8 Å². The lowest BCUT2D eigenvalue weighted by atomic mass is 9.63. The summed E-state index contributed by atoms with van der Waals surface area (Å²) < 4.78 is 0.860. The van der Waals surface area contributed by atoms with E-state index in [1.54, 1.807) is 47.5 Å². The fraction of sp³-hybridized carbons (Fsp3) is 0.286. The minimum Gasteiger partial charge on any atom is -0.358 e. The number of Topliss-reactive ketones (excluding diaryl/α,β-unsaturated/α-hetero) is 3. The maximum atomic E-state index is 14.2. The summed E-state index contributed by atoms with van der Waals surface area (Å²) in [4.78, 5) is 44.2. The average Bonchev–Trinajstić information content (AvgIpc) is 3.24. The minimum absolute atomic E-state index is 0.0808. The van der Waals surface area contributed by atoms with Gasteiger partial charge in [0.15, 0.2) is 17.3 Å². The van der Waals surface area contributed by atoms with E-state index in [1.807, 2.05) is 45.0 Å². The molecule has 3 aliphatic rings.